The second kappa shape index (κ2) is 7.30. The van der Waals surface area contributed by atoms with Gasteiger partial charge in [-0.1, -0.05) is 41.2 Å². The fourth-order valence-electron chi connectivity index (χ4n) is 1.72. The molecule has 0 aliphatic rings. The third-order valence-corrected chi connectivity index (χ3v) is 3.89. The van der Waals surface area contributed by atoms with Gasteiger partial charge in [0, 0.05) is 22.6 Å². The first kappa shape index (κ1) is 15.7. The highest BCUT2D eigenvalue weighted by Gasteiger charge is 2.12. The zero-order valence-corrected chi connectivity index (χ0v) is 12.6. The standard InChI is InChI=1S/C12H18N4OS2/c1-7-3-8(5-18-11(13)14)10(17-2)9(4-7)6-19-12(15)16/h3-4H,5-6H2,1-2H3,(H3,13,14)(H3,15,16). The Labute approximate surface area is 121 Å². The van der Waals surface area contributed by atoms with Crippen LogP contribution in [-0.2, 0) is 11.5 Å². The number of rotatable bonds is 5. The van der Waals surface area contributed by atoms with Crippen LogP contribution < -0.4 is 16.2 Å². The molecule has 19 heavy (non-hydrogen) atoms. The van der Waals surface area contributed by atoms with Gasteiger partial charge in [0.15, 0.2) is 10.3 Å². The second-order valence-electron chi connectivity index (χ2n) is 3.92. The number of ether oxygens (including phenoxy) is 1. The van der Waals surface area contributed by atoms with Gasteiger partial charge in [0.1, 0.15) is 5.75 Å². The number of thioether (sulfide) groups is 2. The molecule has 1 aromatic rings. The summed E-state index contributed by atoms with van der Waals surface area (Å²) >= 11 is 2.53. The van der Waals surface area contributed by atoms with Gasteiger partial charge in [0.2, 0.25) is 0 Å². The van der Waals surface area contributed by atoms with E-state index < -0.39 is 0 Å². The van der Waals surface area contributed by atoms with Crippen LogP contribution in [0, 0.1) is 17.7 Å². The molecule has 7 heteroatoms. The van der Waals surface area contributed by atoms with Crippen LogP contribution in [0.15, 0.2) is 12.1 Å². The van der Waals surface area contributed by atoms with Crippen LogP contribution in [0.1, 0.15) is 16.7 Å². The van der Waals surface area contributed by atoms with E-state index >= 15 is 0 Å². The molecule has 0 bridgehead atoms. The highest BCUT2D eigenvalue weighted by atomic mass is 32.2. The largest absolute Gasteiger partial charge is 0.496 e. The SMILES string of the molecule is COc1c(CSC(=N)N)cc(C)cc1CSC(=N)N. The minimum Gasteiger partial charge on any atom is -0.496 e. The van der Waals surface area contributed by atoms with Crippen molar-refractivity contribution < 1.29 is 4.74 Å². The van der Waals surface area contributed by atoms with E-state index in [2.05, 4.69) is 0 Å². The molecule has 0 atom stereocenters. The van der Waals surface area contributed by atoms with Crippen molar-refractivity contribution in [1.29, 1.82) is 10.8 Å². The smallest absolute Gasteiger partial charge is 0.151 e. The van der Waals surface area contributed by atoms with Crippen LogP contribution in [-0.4, -0.2) is 17.4 Å². The molecule has 6 N–H and O–H groups in total. The first-order valence-electron chi connectivity index (χ1n) is 5.54. The Balaban J connectivity index is 3.01. The average molecular weight is 298 g/mol. The van der Waals surface area contributed by atoms with Gasteiger partial charge >= 0.3 is 0 Å². The predicted molar refractivity (Wildman–Crippen MR) is 84.1 cm³/mol. The van der Waals surface area contributed by atoms with E-state index in [0.717, 1.165) is 22.4 Å². The van der Waals surface area contributed by atoms with Gasteiger partial charge in [-0.15, -0.1) is 0 Å². The predicted octanol–water partition coefficient (Wildman–Crippen LogP) is 2.26. The maximum atomic E-state index is 7.27. The lowest BCUT2D eigenvalue weighted by Gasteiger charge is -2.14. The molecular formula is C12H18N4OS2. The summed E-state index contributed by atoms with van der Waals surface area (Å²) in [5.41, 5.74) is 13.8. The molecule has 104 valence electrons. The molecule has 1 rings (SSSR count). The summed E-state index contributed by atoms with van der Waals surface area (Å²) in [5.74, 6) is 1.98. The Morgan fingerprint density at radius 2 is 1.53 bits per heavy atom. The number of nitrogens with one attached hydrogen (secondary N) is 2. The topological polar surface area (TPSA) is 109 Å². The van der Waals surface area contributed by atoms with Crippen molar-refractivity contribution >= 4 is 33.9 Å². The van der Waals surface area contributed by atoms with Crippen molar-refractivity contribution in [2.24, 2.45) is 11.5 Å². The van der Waals surface area contributed by atoms with Crippen LogP contribution in [0.4, 0.5) is 0 Å². The van der Waals surface area contributed by atoms with Crippen LogP contribution in [0.2, 0.25) is 0 Å². The summed E-state index contributed by atoms with van der Waals surface area (Å²) < 4.78 is 5.45. The van der Waals surface area contributed by atoms with Crippen molar-refractivity contribution in [3.05, 3.63) is 28.8 Å². The van der Waals surface area contributed by atoms with Gasteiger partial charge in [-0.3, -0.25) is 10.8 Å². The third kappa shape index (κ3) is 5.04. The zero-order chi connectivity index (χ0) is 14.4. The molecular weight excluding hydrogens is 280 g/mol. The fraction of sp³-hybridized carbons (Fsp3) is 0.333. The van der Waals surface area contributed by atoms with Gasteiger partial charge in [-0.2, -0.15) is 0 Å². The minimum atomic E-state index is 0.0863. The van der Waals surface area contributed by atoms with Gasteiger partial charge < -0.3 is 16.2 Å². The molecule has 5 nitrogen and oxygen atoms in total. The molecule has 0 aliphatic carbocycles. The van der Waals surface area contributed by atoms with E-state index in [0.29, 0.717) is 11.5 Å². The summed E-state index contributed by atoms with van der Waals surface area (Å²) in [6, 6.07) is 4.05. The van der Waals surface area contributed by atoms with Crippen molar-refractivity contribution in [2.75, 3.05) is 7.11 Å². The number of aryl methyl sites for hydroxylation is 1. The Bertz CT molecular complexity index is 452. The lowest BCUT2D eigenvalue weighted by molar-refractivity contribution is 0.408. The molecule has 0 aliphatic heterocycles. The van der Waals surface area contributed by atoms with E-state index in [1.165, 1.54) is 23.5 Å². The molecule has 0 unspecified atom stereocenters. The quantitative estimate of drug-likeness (QED) is 0.492. The van der Waals surface area contributed by atoms with Crippen LogP contribution in [0.5, 0.6) is 5.75 Å². The molecule has 0 heterocycles. The fourth-order valence-corrected chi connectivity index (χ4v) is 2.77. The van der Waals surface area contributed by atoms with Gasteiger partial charge in [0.05, 0.1) is 7.11 Å². The number of hydrogen-bond donors (Lipinski definition) is 4. The summed E-state index contributed by atoms with van der Waals surface area (Å²) in [7, 11) is 1.62. The summed E-state index contributed by atoms with van der Waals surface area (Å²) in [5, 5.41) is 14.7. The zero-order valence-electron chi connectivity index (χ0n) is 10.9. The number of methoxy groups -OCH3 is 1. The maximum Gasteiger partial charge on any atom is 0.151 e. The number of benzene rings is 1. The Morgan fingerprint density at radius 1 is 1.11 bits per heavy atom. The van der Waals surface area contributed by atoms with Crippen molar-refractivity contribution in [2.45, 2.75) is 18.4 Å². The number of nitrogens with two attached hydrogens (primary N) is 2. The molecule has 0 saturated carbocycles. The average Bonchev–Trinajstić information content (AvgIpc) is 2.33. The number of amidine groups is 2. The number of hydrogen-bond acceptors (Lipinski definition) is 5. The molecule has 0 spiro atoms. The van der Waals surface area contributed by atoms with E-state index in [1.807, 2.05) is 19.1 Å². The van der Waals surface area contributed by atoms with Crippen molar-refractivity contribution in [1.82, 2.24) is 0 Å². The van der Waals surface area contributed by atoms with E-state index in [4.69, 9.17) is 27.0 Å². The molecule has 0 aromatic heterocycles. The van der Waals surface area contributed by atoms with Crippen LogP contribution in [0.3, 0.4) is 0 Å². The van der Waals surface area contributed by atoms with Gasteiger partial charge in [-0.25, -0.2) is 0 Å². The summed E-state index contributed by atoms with van der Waals surface area (Å²) in [6.45, 7) is 2.00. The first-order valence-corrected chi connectivity index (χ1v) is 7.51. The molecule has 1 aromatic carbocycles. The lowest BCUT2D eigenvalue weighted by atomic mass is 10.1. The van der Waals surface area contributed by atoms with Gasteiger partial charge in [0.25, 0.3) is 0 Å². The van der Waals surface area contributed by atoms with E-state index in [1.54, 1.807) is 7.11 Å². The second-order valence-corrected chi connectivity index (χ2v) is 5.96. The molecule has 0 amide bonds. The van der Waals surface area contributed by atoms with Crippen molar-refractivity contribution in [3.63, 3.8) is 0 Å². The summed E-state index contributed by atoms with van der Waals surface area (Å²) in [4.78, 5) is 0. The monoisotopic (exact) mass is 298 g/mol. The summed E-state index contributed by atoms with van der Waals surface area (Å²) in [6.07, 6.45) is 0. The highest BCUT2D eigenvalue weighted by molar-refractivity contribution is 8.13. The lowest BCUT2D eigenvalue weighted by Crippen LogP contribution is -2.06. The minimum absolute atomic E-state index is 0.0863. The Kier molecular flexibility index (Phi) is 6.04. The van der Waals surface area contributed by atoms with Crippen molar-refractivity contribution in [3.8, 4) is 5.75 Å². The molecule has 0 saturated heterocycles. The molecule has 0 fully saturated rings. The van der Waals surface area contributed by atoms with E-state index in [-0.39, 0.29) is 10.3 Å². The Hall–Kier alpha value is -1.34. The van der Waals surface area contributed by atoms with E-state index in [9.17, 15) is 0 Å². The van der Waals surface area contributed by atoms with Crippen LogP contribution >= 0.6 is 23.5 Å². The molecule has 0 radical (unpaired) electrons. The first-order chi connectivity index (χ1) is 8.93. The highest BCUT2D eigenvalue weighted by Crippen LogP contribution is 2.31. The third-order valence-electron chi connectivity index (χ3n) is 2.36. The van der Waals surface area contributed by atoms with Gasteiger partial charge in [-0.05, 0) is 6.92 Å². The Morgan fingerprint density at radius 3 is 1.84 bits per heavy atom. The maximum absolute atomic E-state index is 7.27. The van der Waals surface area contributed by atoms with Crippen LogP contribution in [0.25, 0.3) is 0 Å². The normalized spacial score (nSPS) is 10.2.